The quantitative estimate of drug-likeness (QED) is 0.911. The van der Waals surface area contributed by atoms with Crippen LogP contribution in [0.25, 0.3) is 0 Å². The van der Waals surface area contributed by atoms with Gasteiger partial charge in [-0.15, -0.1) is 0 Å². The van der Waals surface area contributed by atoms with Crippen molar-refractivity contribution in [3.8, 4) is 0 Å². The van der Waals surface area contributed by atoms with Crippen LogP contribution in [0.15, 0.2) is 54.6 Å². The molecule has 0 saturated carbocycles. The molecule has 2 aromatic rings. The van der Waals surface area contributed by atoms with Gasteiger partial charge < -0.3 is 5.73 Å². The molecular weight excluding hydrogens is 256 g/mol. The minimum Gasteiger partial charge on any atom is -0.330 e. The molecule has 1 unspecified atom stereocenters. The summed E-state index contributed by atoms with van der Waals surface area (Å²) >= 11 is 0. The van der Waals surface area contributed by atoms with E-state index < -0.39 is 0 Å². The van der Waals surface area contributed by atoms with Gasteiger partial charge in [0.15, 0.2) is 0 Å². The molecule has 0 radical (unpaired) electrons. The molecule has 1 heterocycles. The number of rotatable bonds is 5. The lowest BCUT2D eigenvalue weighted by atomic mass is 9.99. The van der Waals surface area contributed by atoms with E-state index in [1.165, 1.54) is 36.2 Å². The molecule has 1 saturated heterocycles. The zero-order valence-corrected chi connectivity index (χ0v) is 12.5. The van der Waals surface area contributed by atoms with Crippen LogP contribution in [0.4, 0.5) is 0 Å². The molecular formula is C19H24N2. The van der Waals surface area contributed by atoms with Gasteiger partial charge in [-0.05, 0) is 48.5 Å². The van der Waals surface area contributed by atoms with Crippen molar-refractivity contribution >= 4 is 0 Å². The molecule has 0 spiro atoms. The highest BCUT2D eigenvalue weighted by Crippen LogP contribution is 2.27. The molecule has 1 fully saturated rings. The van der Waals surface area contributed by atoms with E-state index in [1.54, 1.807) is 0 Å². The second kappa shape index (κ2) is 6.88. The molecule has 2 nitrogen and oxygen atoms in total. The van der Waals surface area contributed by atoms with Crippen LogP contribution in [0.1, 0.15) is 29.0 Å². The van der Waals surface area contributed by atoms with Crippen LogP contribution >= 0.6 is 0 Å². The van der Waals surface area contributed by atoms with Crippen molar-refractivity contribution in [2.24, 2.45) is 5.73 Å². The number of hydrogen-bond donors (Lipinski definition) is 1. The smallest absolute Gasteiger partial charge is 0.0233 e. The molecule has 1 aliphatic rings. The number of hydrogen-bond acceptors (Lipinski definition) is 2. The lowest BCUT2D eigenvalue weighted by molar-refractivity contribution is 0.327. The standard InChI is InChI=1S/C19H24N2/c20-12-10-16-6-8-17(9-7-16)14-21-13-11-19(15-21)18-4-2-1-3-5-18/h1-9,19H,10-15,20H2. The molecule has 2 heteroatoms. The Balaban J connectivity index is 1.57. The molecule has 21 heavy (non-hydrogen) atoms. The highest BCUT2D eigenvalue weighted by molar-refractivity contribution is 5.24. The Morgan fingerprint density at radius 2 is 1.67 bits per heavy atom. The van der Waals surface area contributed by atoms with Gasteiger partial charge in [-0.25, -0.2) is 0 Å². The summed E-state index contributed by atoms with van der Waals surface area (Å²) in [5, 5.41) is 0. The maximum Gasteiger partial charge on any atom is 0.0233 e. The number of benzene rings is 2. The Morgan fingerprint density at radius 3 is 2.38 bits per heavy atom. The number of nitrogens with two attached hydrogens (primary N) is 1. The largest absolute Gasteiger partial charge is 0.330 e. The molecule has 0 aliphatic carbocycles. The average molecular weight is 280 g/mol. The summed E-state index contributed by atoms with van der Waals surface area (Å²) in [4.78, 5) is 2.57. The first-order valence-corrected chi connectivity index (χ1v) is 7.90. The van der Waals surface area contributed by atoms with Gasteiger partial charge in [0.25, 0.3) is 0 Å². The molecule has 0 amide bonds. The van der Waals surface area contributed by atoms with Crippen molar-refractivity contribution in [2.45, 2.75) is 25.3 Å². The minimum absolute atomic E-state index is 0.697. The van der Waals surface area contributed by atoms with E-state index in [2.05, 4.69) is 59.5 Å². The fourth-order valence-corrected chi connectivity index (χ4v) is 3.21. The second-order valence-electron chi connectivity index (χ2n) is 5.99. The zero-order valence-electron chi connectivity index (χ0n) is 12.5. The number of likely N-dealkylation sites (tertiary alicyclic amines) is 1. The Hall–Kier alpha value is -1.64. The van der Waals surface area contributed by atoms with Crippen LogP contribution in [-0.2, 0) is 13.0 Å². The maximum absolute atomic E-state index is 5.59. The predicted molar refractivity (Wildman–Crippen MR) is 88.3 cm³/mol. The summed E-state index contributed by atoms with van der Waals surface area (Å²) in [6.07, 6.45) is 2.25. The van der Waals surface area contributed by atoms with Gasteiger partial charge >= 0.3 is 0 Å². The summed E-state index contributed by atoms with van der Waals surface area (Å²) < 4.78 is 0. The third-order valence-corrected chi connectivity index (χ3v) is 4.41. The fraction of sp³-hybridized carbons (Fsp3) is 0.368. The van der Waals surface area contributed by atoms with Crippen molar-refractivity contribution in [3.05, 3.63) is 71.3 Å². The van der Waals surface area contributed by atoms with Crippen LogP contribution in [0.5, 0.6) is 0 Å². The molecule has 1 atom stereocenters. The highest BCUT2D eigenvalue weighted by atomic mass is 15.1. The summed E-state index contributed by atoms with van der Waals surface area (Å²) in [5.41, 5.74) is 9.82. The zero-order chi connectivity index (χ0) is 14.5. The van der Waals surface area contributed by atoms with Crippen molar-refractivity contribution in [1.29, 1.82) is 0 Å². The molecule has 2 aromatic carbocycles. The predicted octanol–water partition coefficient (Wildman–Crippen LogP) is 3.18. The van der Waals surface area contributed by atoms with E-state index in [0.29, 0.717) is 5.92 Å². The topological polar surface area (TPSA) is 29.3 Å². The Bertz CT molecular complexity index is 548. The monoisotopic (exact) mass is 280 g/mol. The highest BCUT2D eigenvalue weighted by Gasteiger charge is 2.23. The minimum atomic E-state index is 0.697. The first-order valence-electron chi connectivity index (χ1n) is 7.90. The van der Waals surface area contributed by atoms with Crippen LogP contribution in [0.2, 0.25) is 0 Å². The van der Waals surface area contributed by atoms with Gasteiger partial charge in [0.2, 0.25) is 0 Å². The van der Waals surface area contributed by atoms with Crippen LogP contribution in [0.3, 0.4) is 0 Å². The van der Waals surface area contributed by atoms with E-state index in [4.69, 9.17) is 5.73 Å². The molecule has 1 aliphatic heterocycles. The molecule has 110 valence electrons. The van der Waals surface area contributed by atoms with Crippen molar-refractivity contribution < 1.29 is 0 Å². The van der Waals surface area contributed by atoms with Crippen molar-refractivity contribution in [3.63, 3.8) is 0 Å². The van der Waals surface area contributed by atoms with E-state index in [1.807, 2.05) is 0 Å². The molecule has 0 bridgehead atoms. The van der Waals surface area contributed by atoms with Crippen LogP contribution in [0, 0.1) is 0 Å². The van der Waals surface area contributed by atoms with Gasteiger partial charge in [-0.1, -0.05) is 54.6 Å². The maximum atomic E-state index is 5.59. The second-order valence-corrected chi connectivity index (χ2v) is 5.99. The van der Waals surface area contributed by atoms with E-state index in [9.17, 15) is 0 Å². The lowest BCUT2D eigenvalue weighted by Crippen LogP contribution is -2.19. The SMILES string of the molecule is NCCc1ccc(CN2CCC(c3ccccc3)C2)cc1. The first kappa shape index (κ1) is 14.3. The molecule has 3 rings (SSSR count). The van der Waals surface area contributed by atoms with Crippen LogP contribution in [-0.4, -0.2) is 24.5 Å². The first-order chi connectivity index (χ1) is 10.3. The lowest BCUT2D eigenvalue weighted by Gasteiger charge is -2.16. The fourth-order valence-electron chi connectivity index (χ4n) is 3.21. The summed E-state index contributed by atoms with van der Waals surface area (Å²) in [5.74, 6) is 0.697. The van der Waals surface area contributed by atoms with Gasteiger partial charge in [0.1, 0.15) is 0 Å². The summed E-state index contributed by atoms with van der Waals surface area (Å²) in [6.45, 7) is 4.16. The molecule has 2 N–H and O–H groups in total. The average Bonchev–Trinajstić information content (AvgIpc) is 2.99. The Labute approximate surface area is 127 Å². The van der Waals surface area contributed by atoms with E-state index in [-0.39, 0.29) is 0 Å². The van der Waals surface area contributed by atoms with E-state index in [0.717, 1.165) is 19.5 Å². The van der Waals surface area contributed by atoms with Gasteiger partial charge in [-0.2, -0.15) is 0 Å². The Kier molecular flexibility index (Phi) is 4.69. The third-order valence-electron chi connectivity index (χ3n) is 4.41. The van der Waals surface area contributed by atoms with Crippen molar-refractivity contribution in [1.82, 2.24) is 4.90 Å². The normalized spacial score (nSPS) is 19.0. The van der Waals surface area contributed by atoms with Gasteiger partial charge in [-0.3, -0.25) is 4.90 Å². The number of nitrogens with zero attached hydrogens (tertiary/aromatic N) is 1. The van der Waals surface area contributed by atoms with E-state index >= 15 is 0 Å². The molecule has 0 aromatic heterocycles. The summed E-state index contributed by atoms with van der Waals surface area (Å²) in [7, 11) is 0. The van der Waals surface area contributed by atoms with Crippen molar-refractivity contribution in [2.75, 3.05) is 19.6 Å². The van der Waals surface area contributed by atoms with Gasteiger partial charge in [0.05, 0.1) is 0 Å². The third kappa shape index (κ3) is 3.72. The summed E-state index contributed by atoms with van der Waals surface area (Å²) in [6, 6.07) is 19.8. The Morgan fingerprint density at radius 1 is 0.952 bits per heavy atom. The van der Waals surface area contributed by atoms with Crippen LogP contribution < -0.4 is 5.73 Å². The van der Waals surface area contributed by atoms with Gasteiger partial charge in [0, 0.05) is 13.1 Å².